The third-order valence-corrected chi connectivity index (χ3v) is 4.77. The van der Waals surface area contributed by atoms with Crippen LogP contribution in [0.5, 0.6) is 0 Å². The van der Waals surface area contributed by atoms with E-state index in [1.165, 1.54) is 6.07 Å². The SMILES string of the molecule is Cc1cc(CN=C(N)N2CCN(c3nccs3)CC2)ccc1F.I. The van der Waals surface area contributed by atoms with Crippen LogP contribution in [-0.2, 0) is 6.54 Å². The summed E-state index contributed by atoms with van der Waals surface area (Å²) in [7, 11) is 0. The summed E-state index contributed by atoms with van der Waals surface area (Å²) >= 11 is 1.65. The van der Waals surface area contributed by atoms with Gasteiger partial charge in [-0.1, -0.05) is 12.1 Å². The van der Waals surface area contributed by atoms with Gasteiger partial charge in [0.25, 0.3) is 0 Å². The second-order valence-corrected chi connectivity index (χ2v) is 6.42. The number of hydrogen-bond acceptors (Lipinski definition) is 4. The summed E-state index contributed by atoms with van der Waals surface area (Å²) in [4.78, 5) is 13.1. The molecular weight excluding hydrogens is 440 g/mol. The summed E-state index contributed by atoms with van der Waals surface area (Å²) in [6, 6.07) is 5.04. The summed E-state index contributed by atoms with van der Waals surface area (Å²) < 4.78 is 13.3. The minimum absolute atomic E-state index is 0. The Labute approximate surface area is 162 Å². The molecule has 0 aliphatic carbocycles. The number of aromatic nitrogens is 1. The average Bonchev–Trinajstić information content (AvgIpc) is 3.10. The van der Waals surface area contributed by atoms with Crippen LogP contribution in [0.3, 0.4) is 0 Å². The van der Waals surface area contributed by atoms with E-state index in [0.717, 1.165) is 36.9 Å². The maximum absolute atomic E-state index is 13.3. The van der Waals surface area contributed by atoms with Crippen molar-refractivity contribution < 1.29 is 4.39 Å². The van der Waals surface area contributed by atoms with E-state index in [0.29, 0.717) is 18.1 Å². The van der Waals surface area contributed by atoms with Gasteiger partial charge in [0.15, 0.2) is 11.1 Å². The molecule has 1 aliphatic heterocycles. The fourth-order valence-electron chi connectivity index (χ4n) is 2.58. The molecule has 8 heteroatoms. The molecule has 1 aromatic heterocycles. The number of rotatable bonds is 3. The van der Waals surface area contributed by atoms with Crippen molar-refractivity contribution in [3.63, 3.8) is 0 Å². The van der Waals surface area contributed by atoms with Crippen LogP contribution in [0, 0.1) is 12.7 Å². The van der Waals surface area contributed by atoms with Crippen LogP contribution in [0.1, 0.15) is 11.1 Å². The lowest BCUT2D eigenvalue weighted by Gasteiger charge is -2.35. The van der Waals surface area contributed by atoms with Crippen molar-refractivity contribution in [1.29, 1.82) is 0 Å². The zero-order chi connectivity index (χ0) is 16.2. The van der Waals surface area contributed by atoms with E-state index in [2.05, 4.69) is 19.8 Å². The molecule has 2 aromatic rings. The average molecular weight is 461 g/mol. The molecule has 0 bridgehead atoms. The van der Waals surface area contributed by atoms with E-state index in [4.69, 9.17) is 5.73 Å². The predicted octanol–water partition coefficient (Wildman–Crippen LogP) is 2.85. The molecule has 3 rings (SSSR count). The first-order chi connectivity index (χ1) is 11.1. The maximum Gasteiger partial charge on any atom is 0.191 e. The van der Waals surface area contributed by atoms with Gasteiger partial charge < -0.3 is 15.5 Å². The Morgan fingerprint density at radius 2 is 2.08 bits per heavy atom. The van der Waals surface area contributed by atoms with Gasteiger partial charge in [0.2, 0.25) is 0 Å². The van der Waals surface area contributed by atoms with Crippen molar-refractivity contribution >= 4 is 46.4 Å². The highest BCUT2D eigenvalue weighted by Crippen LogP contribution is 2.18. The van der Waals surface area contributed by atoms with Crippen LogP contribution in [0.25, 0.3) is 0 Å². The fraction of sp³-hybridized carbons (Fsp3) is 0.375. The molecule has 130 valence electrons. The van der Waals surface area contributed by atoms with Crippen LogP contribution >= 0.6 is 35.3 Å². The van der Waals surface area contributed by atoms with Crippen molar-refractivity contribution in [3.8, 4) is 0 Å². The second kappa shape index (κ2) is 8.61. The summed E-state index contributed by atoms with van der Waals surface area (Å²) in [6.45, 7) is 5.66. The summed E-state index contributed by atoms with van der Waals surface area (Å²) in [5, 5.41) is 3.05. The normalized spacial score (nSPS) is 15.3. The van der Waals surface area contributed by atoms with E-state index in [-0.39, 0.29) is 29.8 Å². The van der Waals surface area contributed by atoms with Crippen molar-refractivity contribution in [1.82, 2.24) is 9.88 Å². The van der Waals surface area contributed by atoms with Gasteiger partial charge in [0, 0.05) is 37.8 Å². The summed E-state index contributed by atoms with van der Waals surface area (Å²) in [5.74, 6) is 0.356. The topological polar surface area (TPSA) is 57.8 Å². The molecule has 5 nitrogen and oxygen atoms in total. The number of nitrogens with two attached hydrogens (primary N) is 1. The number of guanidine groups is 1. The number of anilines is 1. The Balaban J connectivity index is 0.00000208. The zero-order valence-electron chi connectivity index (χ0n) is 13.5. The minimum Gasteiger partial charge on any atom is -0.370 e. The lowest BCUT2D eigenvalue weighted by atomic mass is 10.1. The molecule has 2 N–H and O–H groups in total. The van der Waals surface area contributed by atoms with Crippen molar-refractivity contribution in [2.45, 2.75) is 13.5 Å². The molecule has 24 heavy (non-hydrogen) atoms. The smallest absolute Gasteiger partial charge is 0.191 e. The van der Waals surface area contributed by atoms with Crippen molar-refractivity contribution in [2.75, 3.05) is 31.1 Å². The van der Waals surface area contributed by atoms with Crippen LogP contribution in [0.2, 0.25) is 0 Å². The van der Waals surface area contributed by atoms with Crippen LogP contribution in [0.4, 0.5) is 9.52 Å². The second-order valence-electron chi connectivity index (χ2n) is 5.55. The Bertz CT molecular complexity index is 684. The number of aryl methyl sites for hydroxylation is 1. The van der Waals surface area contributed by atoms with Gasteiger partial charge in [-0.05, 0) is 24.1 Å². The van der Waals surface area contributed by atoms with Gasteiger partial charge in [0.05, 0.1) is 6.54 Å². The van der Waals surface area contributed by atoms with E-state index >= 15 is 0 Å². The van der Waals surface area contributed by atoms with Gasteiger partial charge in [0.1, 0.15) is 5.82 Å². The van der Waals surface area contributed by atoms with Crippen LogP contribution in [-0.4, -0.2) is 42.0 Å². The number of piperazine rings is 1. The number of benzene rings is 1. The maximum atomic E-state index is 13.3. The number of aliphatic imine (C=N–C) groups is 1. The molecule has 0 atom stereocenters. The van der Waals surface area contributed by atoms with E-state index < -0.39 is 0 Å². The molecule has 0 radical (unpaired) electrons. The molecule has 0 unspecified atom stereocenters. The van der Waals surface area contributed by atoms with Gasteiger partial charge in [-0.15, -0.1) is 35.3 Å². The van der Waals surface area contributed by atoms with Crippen molar-refractivity contribution in [3.05, 3.63) is 46.7 Å². The highest BCUT2D eigenvalue weighted by atomic mass is 127. The number of nitrogens with zero attached hydrogens (tertiary/aromatic N) is 4. The van der Waals surface area contributed by atoms with Gasteiger partial charge >= 0.3 is 0 Å². The number of hydrogen-bond donors (Lipinski definition) is 1. The third-order valence-electron chi connectivity index (χ3n) is 3.94. The Hall–Kier alpha value is -1.42. The number of halogens is 2. The Morgan fingerprint density at radius 3 is 2.71 bits per heavy atom. The lowest BCUT2D eigenvalue weighted by Crippen LogP contribution is -2.51. The quantitative estimate of drug-likeness (QED) is 0.434. The molecule has 0 spiro atoms. The first kappa shape index (κ1) is 18.9. The zero-order valence-corrected chi connectivity index (χ0v) is 16.6. The third kappa shape index (κ3) is 4.56. The Kier molecular flexibility index (Phi) is 6.79. The molecule has 0 amide bonds. The van der Waals surface area contributed by atoms with Crippen molar-refractivity contribution in [2.24, 2.45) is 10.7 Å². The molecule has 1 aromatic carbocycles. The summed E-state index contributed by atoms with van der Waals surface area (Å²) in [5.41, 5.74) is 7.70. The Morgan fingerprint density at radius 1 is 1.33 bits per heavy atom. The van der Waals surface area contributed by atoms with E-state index in [1.807, 2.05) is 17.6 Å². The monoisotopic (exact) mass is 461 g/mol. The molecule has 1 aliphatic rings. The molecular formula is C16H21FIN5S. The van der Waals surface area contributed by atoms with Crippen LogP contribution in [0.15, 0.2) is 34.8 Å². The number of thiazole rings is 1. The highest BCUT2D eigenvalue weighted by molar-refractivity contribution is 14.0. The van der Waals surface area contributed by atoms with E-state index in [1.54, 1.807) is 24.3 Å². The standard InChI is InChI=1S/C16H20FN5S.HI/c1-12-10-13(2-3-14(12)17)11-20-15(18)21-5-7-22(8-6-21)16-19-4-9-23-16;/h2-4,9-10H,5-8,11H2,1H3,(H2,18,20);1H. The molecule has 1 saturated heterocycles. The lowest BCUT2D eigenvalue weighted by molar-refractivity contribution is 0.380. The van der Waals surface area contributed by atoms with Gasteiger partial charge in [-0.25, -0.2) is 14.4 Å². The first-order valence-electron chi connectivity index (χ1n) is 7.58. The molecule has 2 heterocycles. The molecule has 1 fully saturated rings. The van der Waals surface area contributed by atoms with Gasteiger partial charge in [-0.3, -0.25) is 0 Å². The van der Waals surface area contributed by atoms with Gasteiger partial charge in [-0.2, -0.15) is 0 Å². The van der Waals surface area contributed by atoms with Crippen LogP contribution < -0.4 is 10.6 Å². The fourth-order valence-corrected chi connectivity index (χ4v) is 3.27. The van der Waals surface area contributed by atoms with E-state index in [9.17, 15) is 4.39 Å². The minimum atomic E-state index is -0.191. The predicted molar refractivity (Wildman–Crippen MR) is 108 cm³/mol. The first-order valence-corrected chi connectivity index (χ1v) is 8.46. The largest absolute Gasteiger partial charge is 0.370 e. The summed E-state index contributed by atoms with van der Waals surface area (Å²) in [6.07, 6.45) is 1.83. The molecule has 0 saturated carbocycles. The highest BCUT2D eigenvalue weighted by Gasteiger charge is 2.19.